The normalized spacial score (nSPS) is 16.9. The molecule has 3 aromatic rings. The number of aromatic nitrogens is 2. The van der Waals surface area contributed by atoms with E-state index in [0.717, 1.165) is 16.7 Å². The van der Waals surface area contributed by atoms with Crippen LogP contribution in [-0.2, 0) is 6.54 Å². The predicted molar refractivity (Wildman–Crippen MR) is 111 cm³/mol. The predicted octanol–water partition coefficient (Wildman–Crippen LogP) is 3.03. The van der Waals surface area contributed by atoms with Crippen LogP contribution in [0.25, 0.3) is 5.70 Å². The Kier molecular flexibility index (Phi) is 3.71. The van der Waals surface area contributed by atoms with Crippen LogP contribution >= 0.6 is 0 Å². The van der Waals surface area contributed by atoms with Crippen molar-refractivity contribution in [2.75, 3.05) is 5.32 Å². The van der Waals surface area contributed by atoms with Gasteiger partial charge in [0.1, 0.15) is 5.82 Å². The van der Waals surface area contributed by atoms with Crippen molar-refractivity contribution in [3.63, 3.8) is 0 Å². The van der Waals surface area contributed by atoms with E-state index in [4.69, 9.17) is 0 Å². The van der Waals surface area contributed by atoms with Gasteiger partial charge in [0.25, 0.3) is 5.56 Å². The molecule has 1 atom stereocenters. The fourth-order valence-corrected chi connectivity index (χ4v) is 4.36. The molecule has 1 aliphatic carbocycles. The number of carbonyl (C=O) groups excluding carboxylic acids is 1. The molecule has 6 heteroatoms. The number of nitrogens with zero attached hydrogens (tertiary/aromatic N) is 1. The van der Waals surface area contributed by atoms with Gasteiger partial charge in [-0.25, -0.2) is 4.79 Å². The largest absolute Gasteiger partial charge is 0.340 e. The van der Waals surface area contributed by atoms with Gasteiger partial charge in [0, 0.05) is 29.2 Å². The lowest BCUT2D eigenvalue weighted by Crippen LogP contribution is -2.38. The minimum Gasteiger partial charge on any atom is -0.340 e. The van der Waals surface area contributed by atoms with Crippen LogP contribution in [0.3, 0.4) is 0 Å². The van der Waals surface area contributed by atoms with E-state index in [0.29, 0.717) is 34.8 Å². The molecule has 2 N–H and O–H groups in total. The third-order valence-corrected chi connectivity index (χ3v) is 5.74. The zero-order chi connectivity index (χ0) is 20.3. The molecule has 6 nitrogen and oxygen atoms in total. The lowest BCUT2D eigenvalue weighted by Gasteiger charge is -2.29. The molecule has 1 aromatic heterocycles. The van der Waals surface area contributed by atoms with Crippen LogP contribution in [0.1, 0.15) is 45.5 Å². The molecular formula is C23H19N3O3. The van der Waals surface area contributed by atoms with E-state index in [9.17, 15) is 14.4 Å². The van der Waals surface area contributed by atoms with Gasteiger partial charge in [-0.3, -0.25) is 19.1 Å². The van der Waals surface area contributed by atoms with Gasteiger partial charge in [0.15, 0.2) is 5.78 Å². The Bertz CT molecular complexity index is 1330. The summed E-state index contributed by atoms with van der Waals surface area (Å²) in [5.41, 5.74) is 4.03. The molecule has 144 valence electrons. The van der Waals surface area contributed by atoms with Gasteiger partial charge >= 0.3 is 5.69 Å². The summed E-state index contributed by atoms with van der Waals surface area (Å²) in [4.78, 5) is 41.1. The fourth-order valence-electron chi connectivity index (χ4n) is 4.36. The van der Waals surface area contributed by atoms with Gasteiger partial charge in [-0.1, -0.05) is 54.1 Å². The number of allylic oxidation sites excluding steroid dienone is 1. The maximum atomic E-state index is 13.3. The van der Waals surface area contributed by atoms with E-state index in [-0.39, 0.29) is 5.78 Å². The van der Waals surface area contributed by atoms with Gasteiger partial charge in [0.05, 0.1) is 11.3 Å². The molecular weight excluding hydrogens is 366 g/mol. The third kappa shape index (κ3) is 2.38. The molecule has 2 aromatic carbocycles. The van der Waals surface area contributed by atoms with Crippen molar-refractivity contribution >= 4 is 17.3 Å². The second kappa shape index (κ2) is 6.17. The molecule has 0 amide bonds. The number of fused-ring (bicyclic) bond motifs is 3. The summed E-state index contributed by atoms with van der Waals surface area (Å²) in [6.07, 6.45) is 0. The summed E-state index contributed by atoms with van der Waals surface area (Å²) in [5, 5.41) is 3.26. The molecule has 0 saturated carbocycles. The van der Waals surface area contributed by atoms with E-state index < -0.39 is 17.2 Å². The Balaban J connectivity index is 1.87. The summed E-state index contributed by atoms with van der Waals surface area (Å²) in [6.45, 7) is 4.23. The van der Waals surface area contributed by atoms with Crippen molar-refractivity contribution < 1.29 is 4.79 Å². The number of benzene rings is 2. The van der Waals surface area contributed by atoms with Crippen molar-refractivity contribution in [3.05, 3.63) is 103 Å². The first-order valence-corrected chi connectivity index (χ1v) is 9.60. The smallest absolute Gasteiger partial charge is 0.329 e. The van der Waals surface area contributed by atoms with E-state index in [1.54, 1.807) is 6.07 Å². The molecule has 0 saturated heterocycles. The summed E-state index contributed by atoms with van der Waals surface area (Å²) in [7, 11) is 0. The van der Waals surface area contributed by atoms with Gasteiger partial charge < -0.3 is 5.32 Å². The topological polar surface area (TPSA) is 84.0 Å². The van der Waals surface area contributed by atoms with E-state index in [2.05, 4.69) is 10.3 Å². The average molecular weight is 385 g/mol. The Morgan fingerprint density at radius 1 is 0.966 bits per heavy atom. The van der Waals surface area contributed by atoms with Crippen LogP contribution in [0.15, 0.2) is 63.7 Å². The van der Waals surface area contributed by atoms with E-state index >= 15 is 0 Å². The highest BCUT2D eigenvalue weighted by Crippen LogP contribution is 2.47. The molecule has 0 bridgehead atoms. The number of rotatable bonds is 2. The van der Waals surface area contributed by atoms with Crippen LogP contribution in [0.2, 0.25) is 0 Å². The maximum Gasteiger partial charge on any atom is 0.329 e. The summed E-state index contributed by atoms with van der Waals surface area (Å²) in [5.74, 6) is -0.188. The first kappa shape index (κ1) is 17.4. The van der Waals surface area contributed by atoms with Crippen molar-refractivity contribution in [2.24, 2.45) is 0 Å². The van der Waals surface area contributed by atoms with Crippen LogP contribution in [0.4, 0.5) is 5.82 Å². The summed E-state index contributed by atoms with van der Waals surface area (Å²) >= 11 is 0. The number of aromatic amines is 1. The lowest BCUT2D eigenvalue weighted by molar-refractivity contribution is 0.103. The van der Waals surface area contributed by atoms with Crippen molar-refractivity contribution in [2.45, 2.75) is 26.3 Å². The molecule has 0 fully saturated rings. The number of nitrogens with one attached hydrogen (secondary N) is 2. The molecule has 2 aliphatic rings. The quantitative estimate of drug-likeness (QED) is 0.710. The highest BCUT2D eigenvalue weighted by molar-refractivity contribution is 6.23. The van der Waals surface area contributed by atoms with Gasteiger partial charge in [-0.2, -0.15) is 0 Å². The summed E-state index contributed by atoms with van der Waals surface area (Å²) < 4.78 is 1.51. The fraction of sp³-hybridized carbons (Fsp3) is 0.174. The van der Waals surface area contributed by atoms with Gasteiger partial charge in [-0.05, 0) is 19.4 Å². The molecule has 2 heterocycles. The maximum absolute atomic E-state index is 13.3. The lowest BCUT2D eigenvalue weighted by atomic mass is 9.81. The number of hydrogen-bond donors (Lipinski definition) is 2. The Morgan fingerprint density at radius 2 is 1.66 bits per heavy atom. The minimum absolute atomic E-state index is 0.0898. The number of aryl methyl sites for hydroxylation is 1. The molecule has 0 radical (unpaired) electrons. The van der Waals surface area contributed by atoms with Crippen molar-refractivity contribution in [1.82, 2.24) is 9.55 Å². The first-order valence-electron chi connectivity index (χ1n) is 9.60. The zero-order valence-corrected chi connectivity index (χ0v) is 16.1. The van der Waals surface area contributed by atoms with Crippen molar-refractivity contribution in [3.8, 4) is 0 Å². The number of H-pyrrole nitrogens is 1. The SMILES string of the molecule is CCn1c2c(c(=O)[nH]c1=O)[C@@H](c1ccc(C)cc1)C1=C(N2)c2ccccc2C1=O. The van der Waals surface area contributed by atoms with Gasteiger partial charge in [0.2, 0.25) is 0 Å². The highest BCUT2D eigenvalue weighted by atomic mass is 16.2. The molecule has 1 aliphatic heterocycles. The van der Waals surface area contributed by atoms with Crippen LogP contribution in [0, 0.1) is 6.92 Å². The monoisotopic (exact) mass is 385 g/mol. The molecule has 0 spiro atoms. The third-order valence-electron chi connectivity index (χ3n) is 5.74. The van der Waals surface area contributed by atoms with Gasteiger partial charge in [-0.15, -0.1) is 0 Å². The number of hydrogen-bond acceptors (Lipinski definition) is 4. The molecule has 5 rings (SSSR count). The Morgan fingerprint density at radius 3 is 2.34 bits per heavy atom. The summed E-state index contributed by atoms with van der Waals surface area (Å²) in [6, 6.07) is 15.2. The van der Waals surface area contributed by atoms with Crippen LogP contribution in [-0.4, -0.2) is 15.3 Å². The minimum atomic E-state index is -0.552. The number of anilines is 1. The number of Topliss-reactive ketones (excluding diaryl/α,β-unsaturated/α-hetero) is 1. The molecule has 0 unspecified atom stereocenters. The zero-order valence-electron chi connectivity index (χ0n) is 16.1. The number of carbonyl (C=O) groups is 1. The van der Waals surface area contributed by atoms with E-state index in [1.165, 1.54) is 4.57 Å². The Hall–Kier alpha value is -3.67. The highest BCUT2D eigenvalue weighted by Gasteiger charge is 2.42. The van der Waals surface area contributed by atoms with E-state index in [1.807, 2.05) is 56.3 Å². The van der Waals surface area contributed by atoms with Crippen LogP contribution < -0.4 is 16.6 Å². The first-order chi connectivity index (χ1) is 14.0. The van der Waals surface area contributed by atoms with Crippen molar-refractivity contribution in [1.29, 1.82) is 0 Å². The van der Waals surface area contributed by atoms with Crippen LogP contribution in [0.5, 0.6) is 0 Å². The number of ketones is 1. The Labute approximate surface area is 166 Å². The average Bonchev–Trinajstić information content (AvgIpc) is 3.00. The molecule has 29 heavy (non-hydrogen) atoms. The second-order valence-electron chi connectivity index (χ2n) is 7.40. The second-order valence-corrected chi connectivity index (χ2v) is 7.40. The standard InChI is InChI=1S/C23H19N3O3/c1-3-26-21-18(22(28)25-23(26)29)16(13-10-8-12(2)9-11-13)17-19(24-21)14-6-4-5-7-15(14)20(17)27/h4-11,16,24H,3H2,1-2H3,(H,25,28,29)/t16-/m0/s1.